The summed E-state index contributed by atoms with van der Waals surface area (Å²) in [7, 11) is 0. The third-order valence-corrected chi connectivity index (χ3v) is 4.56. The first-order valence-electron chi connectivity index (χ1n) is 4.57. The second kappa shape index (κ2) is 4.92. The largest absolute Gasteiger partial charge is 0.192 e. The summed E-state index contributed by atoms with van der Waals surface area (Å²) in [6.45, 7) is 0. The van der Waals surface area contributed by atoms with Crippen LogP contribution in [0.3, 0.4) is 0 Å². The van der Waals surface area contributed by atoms with Gasteiger partial charge in [-0.1, -0.05) is 23.7 Å². The maximum absolute atomic E-state index is 9.16. The number of hydrogen-bond donors (Lipinski definition) is 0. The molecule has 0 saturated heterocycles. The number of thioether (sulfide) groups is 1. The molecule has 0 N–H and O–H groups in total. The number of rotatable bonds is 2. The molecule has 0 bridgehead atoms. The molecule has 0 atom stereocenters. The van der Waals surface area contributed by atoms with Gasteiger partial charge in [-0.2, -0.15) is 5.26 Å². The summed E-state index contributed by atoms with van der Waals surface area (Å²) in [5.41, 5.74) is 2.72. The van der Waals surface area contributed by atoms with E-state index in [0.29, 0.717) is 5.02 Å². The lowest BCUT2D eigenvalue weighted by molar-refractivity contribution is 1.46. The van der Waals surface area contributed by atoms with Crippen molar-refractivity contribution in [2.24, 2.45) is 0 Å². The van der Waals surface area contributed by atoms with Gasteiger partial charge in [0.05, 0.1) is 9.77 Å². The van der Waals surface area contributed by atoms with Crippen LogP contribution >= 0.6 is 34.7 Å². The molecular weight excluding hydrogens is 258 g/mol. The summed E-state index contributed by atoms with van der Waals surface area (Å²) in [6.07, 6.45) is 1.98. The van der Waals surface area contributed by atoms with Gasteiger partial charge < -0.3 is 0 Å². The average molecular weight is 266 g/mol. The van der Waals surface area contributed by atoms with Crippen LogP contribution in [0.4, 0.5) is 0 Å². The number of nitriles is 1. The van der Waals surface area contributed by atoms with Gasteiger partial charge in [-0.05, 0) is 24.0 Å². The number of thiophene rings is 1. The predicted molar refractivity (Wildman–Crippen MR) is 71.3 cm³/mol. The molecular formula is C12H8ClNS2. The molecule has 16 heavy (non-hydrogen) atoms. The first kappa shape index (κ1) is 11.5. The van der Waals surface area contributed by atoms with Crippen molar-refractivity contribution in [1.82, 2.24) is 0 Å². The molecule has 0 aliphatic heterocycles. The maximum Gasteiger partial charge on any atom is 0.102 e. The van der Waals surface area contributed by atoms with E-state index in [1.165, 1.54) is 0 Å². The fourth-order valence-corrected chi connectivity index (χ4v) is 3.30. The lowest BCUT2D eigenvalue weighted by Crippen LogP contribution is -1.79. The Labute approximate surface area is 108 Å². The molecule has 0 radical (unpaired) electrons. The number of halogens is 1. The summed E-state index contributed by atoms with van der Waals surface area (Å²) < 4.78 is 1.05. The highest BCUT2D eigenvalue weighted by atomic mass is 35.5. The molecule has 80 valence electrons. The second-order valence-electron chi connectivity index (χ2n) is 3.14. The molecule has 0 fully saturated rings. The van der Waals surface area contributed by atoms with E-state index in [0.717, 1.165) is 20.9 Å². The first-order valence-corrected chi connectivity index (χ1v) is 7.06. The van der Waals surface area contributed by atoms with Crippen LogP contribution in [0.15, 0.2) is 33.9 Å². The number of nitrogens with zero attached hydrogens (tertiary/aromatic N) is 1. The molecule has 0 aliphatic carbocycles. The van der Waals surface area contributed by atoms with Crippen molar-refractivity contribution in [1.29, 1.82) is 5.26 Å². The van der Waals surface area contributed by atoms with Crippen molar-refractivity contribution >= 4 is 34.7 Å². The highest BCUT2D eigenvalue weighted by Crippen LogP contribution is 2.36. The molecule has 0 aliphatic rings. The highest BCUT2D eigenvalue weighted by Gasteiger charge is 2.12. The lowest BCUT2D eigenvalue weighted by atomic mass is 10.1. The molecule has 1 aromatic heterocycles. The van der Waals surface area contributed by atoms with E-state index in [1.54, 1.807) is 23.1 Å². The van der Waals surface area contributed by atoms with Crippen LogP contribution in [-0.4, -0.2) is 6.26 Å². The Morgan fingerprint density at radius 2 is 2.25 bits per heavy atom. The van der Waals surface area contributed by atoms with Gasteiger partial charge in [0.2, 0.25) is 0 Å². The average Bonchev–Trinajstić information content (AvgIpc) is 2.71. The predicted octanol–water partition coefficient (Wildman–Crippen LogP) is 4.66. The highest BCUT2D eigenvalue weighted by molar-refractivity contribution is 8.00. The zero-order chi connectivity index (χ0) is 11.5. The van der Waals surface area contributed by atoms with Crippen LogP contribution in [-0.2, 0) is 0 Å². The molecule has 1 heterocycles. The Kier molecular flexibility index (Phi) is 3.55. The van der Waals surface area contributed by atoms with Gasteiger partial charge in [-0.15, -0.1) is 23.1 Å². The Hall–Kier alpha value is -0.950. The van der Waals surface area contributed by atoms with Gasteiger partial charge in [-0.25, -0.2) is 0 Å². The van der Waals surface area contributed by atoms with E-state index < -0.39 is 0 Å². The van der Waals surface area contributed by atoms with Crippen molar-refractivity contribution in [3.05, 3.63) is 40.2 Å². The minimum Gasteiger partial charge on any atom is -0.192 e. The SMILES string of the molecule is CSc1scc(-c2cccc(Cl)c2)c1C#N. The zero-order valence-electron chi connectivity index (χ0n) is 8.53. The second-order valence-corrected chi connectivity index (χ2v) is 5.53. The van der Waals surface area contributed by atoms with Gasteiger partial charge >= 0.3 is 0 Å². The van der Waals surface area contributed by atoms with Crippen molar-refractivity contribution in [3.8, 4) is 17.2 Å². The third kappa shape index (κ3) is 2.10. The van der Waals surface area contributed by atoms with Crippen LogP contribution < -0.4 is 0 Å². The van der Waals surface area contributed by atoms with Crippen LogP contribution in [0, 0.1) is 11.3 Å². The van der Waals surface area contributed by atoms with Gasteiger partial charge in [0.25, 0.3) is 0 Å². The molecule has 0 unspecified atom stereocenters. The third-order valence-electron chi connectivity index (χ3n) is 2.19. The Morgan fingerprint density at radius 1 is 1.44 bits per heavy atom. The van der Waals surface area contributed by atoms with E-state index in [2.05, 4.69) is 6.07 Å². The van der Waals surface area contributed by atoms with Gasteiger partial charge in [-0.3, -0.25) is 0 Å². The summed E-state index contributed by atoms with van der Waals surface area (Å²) in [6, 6.07) is 9.84. The Balaban J connectivity index is 2.57. The van der Waals surface area contributed by atoms with Crippen LogP contribution in [0.1, 0.15) is 5.56 Å². The molecule has 2 aromatic rings. The maximum atomic E-state index is 9.16. The number of hydrogen-bond acceptors (Lipinski definition) is 3. The Bertz CT molecular complexity index is 554. The molecule has 0 amide bonds. The number of benzene rings is 1. The quantitative estimate of drug-likeness (QED) is 0.737. The molecule has 4 heteroatoms. The summed E-state index contributed by atoms with van der Waals surface area (Å²) >= 11 is 9.15. The van der Waals surface area contributed by atoms with Crippen molar-refractivity contribution in [3.63, 3.8) is 0 Å². The standard InChI is InChI=1S/C12H8ClNS2/c1-15-12-10(6-14)11(7-16-12)8-3-2-4-9(13)5-8/h2-5,7H,1H3. The van der Waals surface area contributed by atoms with Crippen molar-refractivity contribution < 1.29 is 0 Å². The monoisotopic (exact) mass is 265 g/mol. The van der Waals surface area contributed by atoms with Crippen molar-refractivity contribution in [2.45, 2.75) is 4.21 Å². The van der Waals surface area contributed by atoms with E-state index in [-0.39, 0.29) is 0 Å². The minimum atomic E-state index is 0.693. The van der Waals surface area contributed by atoms with E-state index in [9.17, 15) is 0 Å². The van der Waals surface area contributed by atoms with E-state index in [1.807, 2.05) is 35.9 Å². The van der Waals surface area contributed by atoms with E-state index in [4.69, 9.17) is 16.9 Å². The zero-order valence-corrected chi connectivity index (χ0v) is 10.9. The van der Waals surface area contributed by atoms with Crippen LogP contribution in [0.2, 0.25) is 5.02 Å². The lowest BCUT2D eigenvalue weighted by Gasteiger charge is -2.00. The normalized spacial score (nSPS) is 10.1. The molecule has 0 saturated carbocycles. The fourth-order valence-electron chi connectivity index (χ4n) is 1.46. The first-order chi connectivity index (χ1) is 7.76. The van der Waals surface area contributed by atoms with E-state index >= 15 is 0 Å². The summed E-state index contributed by atoms with van der Waals surface area (Å²) in [4.78, 5) is 0. The molecule has 2 rings (SSSR count). The fraction of sp³-hybridized carbons (Fsp3) is 0.0833. The van der Waals surface area contributed by atoms with Crippen LogP contribution in [0.5, 0.6) is 0 Å². The van der Waals surface area contributed by atoms with Gasteiger partial charge in [0.15, 0.2) is 0 Å². The van der Waals surface area contributed by atoms with Crippen molar-refractivity contribution in [2.75, 3.05) is 6.26 Å². The molecule has 0 spiro atoms. The molecule has 1 aromatic carbocycles. The van der Waals surface area contributed by atoms with Gasteiger partial charge in [0, 0.05) is 16.0 Å². The van der Waals surface area contributed by atoms with Crippen LogP contribution in [0.25, 0.3) is 11.1 Å². The Morgan fingerprint density at radius 3 is 2.88 bits per heavy atom. The smallest absolute Gasteiger partial charge is 0.102 e. The summed E-state index contributed by atoms with van der Waals surface area (Å²) in [5.74, 6) is 0. The summed E-state index contributed by atoms with van der Waals surface area (Å²) in [5, 5.41) is 11.9. The van der Waals surface area contributed by atoms with Gasteiger partial charge in [0.1, 0.15) is 6.07 Å². The molecule has 1 nitrogen and oxygen atoms in total. The topological polar surface area (TPSA) is 23.8 Å². The minimum absolute atomic E-state index is 0.693.